The third-order valence-electron chi connectivity index (χ3n) is 5.32. The lowest BCUT2D eigenvalue weighted by Gasteiger charge is -2.43. The number of hydrogen-bond acceptors (Lipinski definition) is 4. The van der Waals surface area contributed by atoms with E-state index in [9.17, 15) is 0 Å². The summed E-state index contributed by atoms with van der Waals surface area (Å²) in [5.74, 6) is 0. The van der Waals surface area contributed by atoms with Gasteiger partial charge in [0, 0.05) is 52.5 Å². The lowest BCUT2D eigenvalue weighted by Crippen LogP contribution is -2.50. The van der Waals surface area contributed by atoms with Gasteiger partial charge < -0.3 is 19.7 Å². The van der Waals surface area contributed by atoms with Gasteiger partial charge in [0.1, 0.15) is 0 Å². The fraction of sp³-hybridized carbons (Fsp3) is 1.00. The Morgan fingerprint density at radius 2 is 1.85 bits per heavy atom. The molecule has 3 fully saturated rings. The zero-order chi connectivity index (χ0) is 13.8. The number of nitrogens with zero attached hydrogens (tertiary/aromatic N) is 1. The van der Waals surface area contributed by atoms with Crippen molar-refractivity contribution in [1.29, 1.82) is 0 Å². The second-order valence-corrected chi connectivity index (χ2v) is 6.98. The van der Waals surface area contributed by atoms with Gasteiger partial charge in [-0.1, -0.05) is 0 Å². The first-order valence-electron chi connectivity index (χ1n) is 8.36. The Balaban J connectivity index is 1.52. The molecule has 0 aromatic carbocycles. The topological polar surface area (TPSA) is 33.7 Å². The van der Waals surface area contributed by atoms with E-state index in [0.29, 0.717) is 11.5 Å². The Morgan fingerprint density at radius 1 is 1.15 bits per heavy atom. The van der Waals surface area contributed by atoms with Crippen molar-refractivity contribution in [2.45, 2.75) is 50.7 Å². The molecule has 0 bridgehead atoms. The summed E-state index contributed by atoms with van der Waals surface area (Å²) in [4.78, 5) is 2.66. The van der Waals surface area contributed by atoms with Crippen LogP contribution in [-0.4, -0.2) is 63.5 Å². The summed E-state index contributed by atoms with van der Waals surface area (Å²) in [6.45, 7) is 6.72. The van der Waals surface area contributed by atoms with E-state index in [4.69, 9.17) is 9.47 Å². The molecule has 0 spiro atoms. The molecule has 3 aliphatic rings. The van der Waals surface area contributed by atoms with Crippen LogP contribution in [0.2, 0.25) is 0 Å². The van der Waals surface area contributed by atoms with Crippen molar-refractivity contribution in [1.82, 2.24) is 10.2 Å². The standard InChI is InChI=1S/C16H30N2O2/c1-19-15-4-8-18(9-5-15)13-16(6-10-20-11-7-16)12-17-14-2-3-14/h14-15,17H,2-13H2,1H3. The van der Waals surface area contributed by atoms with Gasteiger partial charge in [0.25, 0.3) is 0 Å². The summed E-state index contributed by atoms with van der Waals surface area (Å²) in [6, 6.07) is 0.814. The van der Waals surface area contributed by atoms with Crippen molar-refractivity contribution in [2.24, 2.45) is 5.41 Å². The first-order valence-corrected chi connectivity index (χ1v) is 8.36. The molecule has 0 aromatic rings. The minimum absolute atomic E-state index is 0.445. The highest BCUT2D eigenvalue weighted by Gasteiger charge is 2.36. The number of ether oxygens (including phenoxy) is 2. The fourth-order valence-corrected chi connectivity index (χ4v) is 3.62. The van der Waals surface area contributed by atoms with Crippen molar-refractivity contribution < 1.29 is 9.47 Å². The number of methoxy groups -OCH3 is 1. The predicted octanol–water partition coefficient (Wildman–Crippen LogP) is 1.65. The molecule has 0 amide bonds. The van der Waals surface area contributed by atoms with Crippen molar-refractivity contribution in [3.63, 3.8) is 0 Å². The monoisotopic (exact) mass is 282 g/mol. The largest absolute Gasteiger partial charge is 0.381 e. The van der Waals surface area contributed by atoms with E-state index in [-0.39, 0.29) is 0 Å². The number of likely N-dealkylation sites (tertiary alicyclic amines) is 1. The second kappa shape index (κ2) is 6.73. The quantitative estimate of drug-likeness (QED) is 0.803. The van der Waals surface area contributed by atoms with Crippen LogP contribution in [0.25, 0.3) is 0 Å². The first kappa shape index (κ1) is 14.8. The maximum Gasteiger partial charge on any atom is 0.0595 e. The number of piperidine rings is 1. The number of hydrogen-bond donors (Lipinski definition) is 1. The lowest BCUT2D eigenvalue weighted by molar-refractivity contribution is -0.0208. The van der Waals surface area contributed by atoms with E-state index >= 15 is 0 Å². The molecule has 116 valence electrons. The average molecular weight is 282 g/mol. The molecule has 0 radical (unpaired) electrons. The molecule has 4 nitrogen and oxygen atoms in total. The summed E-state index contributed by atoms with van der Waals surface area (Å²) in [6.07, 6.45) is 8.07. The summed E-state index contributed by atoms with van der Waals surface area (Å²) in [5, 5.41) is 3.77. The van der Waals surface area contributed by atoms with E-state index in [0.717, 1.165) is 19.3 Å². The molecule has 0 aromatic heterocycles. The highest BCUT2D eigenvalue weighted by Crippen LogP contribution is 2.33. The van der Waals surface area contributed by atoms with Crippen molar-refractivity contribution >= 4 is 0 Å². The maximum absolute atomic E-state index is 5.60. The molecule has 4 heteroatoms. The van der Waals surface area contributed by atoms with E-state index < -0.39 is 0 Å². The molecule has 20 heavy (non-hydrogen) atoms. The van der Waals surface area contributed by atoms with Gasteiger partial charge in [-0.3, -0.25) is 0 Å². The molecule has 0 unspecified atom stereocenters. The Bertz CT molecular complexity index is 293. The third kappa shape index (κ3) is 3.94. The number of nitrogens with one attached hydrogen (secondary N) is 1. The van der Waals surface area contributed by atoms with E-state index in [1.807, 2.05) is 7.11 Å². The minimum atomic E-state index is 0.445. The van der Waals surface area contributed by atoms with Crippen LogP contribution in [0.15, 0.2) is 0 Å². The van der Waals surface area contributed by atoms with Crippen LogP contribution < -0.4 is 5.32 Å². The van der Waals surface area contributed by atoms with Gasteiger partial charge in [0.2, 0.25) is 0 Å². The highest BCUT2D eigenvalue weighted by molar-refractivity contribution is 4.92. The molecule has 1 aliphatic carbocycles. The second-order valence-electron chi connectivity index (χ2n) is 6.98. The first-order chi connectivity index (χ1) is 9.80. The summed E-state index contributed by atoms with van der Waals surface area (Å²) < 4.78 is 11.1. The molecule has 2 aliphatic heterocycles. The van der Waals surface area contributed by atoms with E-state index in [1.54, 1.807) is 0 Å². The molecule has 1 saturated carbocycles. The zero-order valence-corrected chi connectivity index (χ0v) is 12.9. The zero-order valence-electron chi connectivity index (χ0n) is 12.9. The third-order valence-corrected chi connectivity index (χ3v) is 5.32. The molecule has 2 heterocycles. The van der Waals surface area contributed by atoms with Crippen LogP contribution in [0.4, 0.5) is 0 Å². The smallest absolute Gasteiger partial charge is 0.0595 e. The summed E-state index contributed by atoms with van der Waals surface area (Å²) >= 11 is 0. The Labute approximate surface area is 123 Å². The molecule has 1 N–H and O–H groups in total. The Hall–Kier alpha value is -0.160. The van der Waals surface area contributed by atoms with E-state index in [1.165, 1.54) is 64.7 Å². The SMILES string of the molecule is COC1CCN(CC2(CNC3CC3)CCOCC2)CC1. The van der Waals surface area contributed by atoms with Gasteiger partial charge in [-0.05, 0) is 43.9 Å². The van der Waals surface area contributed by atoms with Crippen molar-refractivity contribution in [3.8, 4) is 0 Å². The van der Waals surface area contributed by atoms with Crippen LogP contribution in [-0.2, 0) is 9.47 Å². The predicted molar refractivity (Wildman–Crippen MR) is 80.0 cm³/mol. The Morgan fingerprint density at radius 3 is 2.45 bits per heavy atom. The van der Waals surface area contributed by atoms with Gasteiger partial charge in [-0.25, -0.2) is 0 Å². The van der Waals surface area contributed by atoms with Gasteiger partial charge in [0.15, 0.2) is 0 Å². The summed E-state index contributed by atoms with van der Waals surface area (Å²) in [7, 11) is 1.85. The molecular weight excluding hydrogens is 252 g/mol. The van der Waals surface area contributed by atoms with Crippen LogP contribution in [0.1, 0.15) is 38.5 Å². The van der Waals surface area contributed by atoms with Gasteiger partial charge in [-0.2, -0.15) is 0 Å². The fourth-order valence-electron chi connectivity index (χ4n) is 3.62. The molecule has 3 rings (SSSR count). The average Bonchev–Trinajstić information content (AvgIpc) is 3.31. The van der Waals surface area contributed by atoms with Crippen molar-refractivity contribution in [3.05, 3.63) is 0 Å². The van der Waals surface area contributed by atoms with Crippen LogP contribution in [0.5, 0.6) is 0 Å². The molecular formula is C16H30N2O2. The minimum Gasteiger partial charge on any atom is -0.381 e. The lowest BCUT2D eigenvalue weighted by atomic mass is 9.79. The van der Waals surface area contributed by atoms with E-state index in [2.05, 4.69) is 10.2 Å². The normalized spacial score (nSPS) is 28.6. The number of rotatable bonds is 6. The van der Waals surface area contributed by atoms with Gasteiger partial charge in [-0.15, -0.1) is 0 Å². The van der Waals surface area contributed by atoms with Crippen LogP contribution in [0.3, 0.4) is 0 Å². The van der Waals surface area contributed by atoms with Crippen LogP contribution in [0, 0.1) is 5.41 Å². The highest BCUT2D eigenvalue weighted by atomic mass is 16.5. The Kier molecular flexibility index (Phi) is 4.97. The van der Waals surface area contributed by atoms with Gasteiger partial charge in [0.05, 0.1) is 6.10 Å². The van der Waals surface area contributed by atoms with Gasteiger partial charge >= 0.3 is 0 Å². The summed E-state index contributed by atoms with van der Waals surface area (Å²) in [5.41, 5.74) is 0.445. The van der Waals surface area contributed by atoms with Crippen molar-refractivity contribution in [2.75, 3.05) is 46.5 Å². The molecule has 2 saturated heterocycles. The van der Waals surface area contributed by atoms with Crippen LogP contribution >= 0.6 is 0 Å². The molecule has 0 atom stereocenters. The maximum atomic E-state index is 5.60.